The molecule has 3 nitrogen and oxygen atoms in total. The number of fused-ring (bicyclic) bond motifs is 1. The second-order valence-corrected chi connectivity index (χ2v) is 5.99. The average molecular weight is 285 g/mol. The first-order valence-corrected chi connectivity index (χ1v) is 7.75. The number of imidazole rings is 1. The van der Waals surface area contributed by atoms with Gasteiger partial charge in [-0.05, 0) is 26.3 Å². The molecule has 4 heteroatoms. The van der Waals surface area contributed by atoms with Gasteiger partial charge in [-0.25, -0.2) is 4.98 Å². The minimum atomic E-state index is 0.333. The maximum atomic E-state index is 4.63. The molecule has 0 spiro atoms. The Morgan fingerprint density at radius 1 is 1.25 bits per heavy atom. The Hall–Kier alpha value is -1.65. The van der Waals surface area contributed by atoms with Crippen LogP contribution < -0.4 is 5.32 Å². The Bertz CT molecular complexity index is 712. The van der Waals surface area contributed by atoms with E-state index in [-0.39, 0.29) is 0 Å². The number of benzene rings is 1. The fourth-order valence-electron chi connectivity index (χ4n) is 2.49. The van der Waals surface area contributed by atoms with Gasteiger partial charge in [0.25, 0.3) is 0 Å². The molecule has 0 aliphatic carbocycles. The van der Waals surface area contributed by atoms with Gasteiger partial charge in [0.1, 0.15) is 0 Å². The van der Waals surface area contributed by atoms with Crippen LogP contribution in [-0.4, -0.2) is 9.38 Å². The summed E-state index contributed by atoms with van der Waals surface area (Å²) >= 11 is 1.70. The third kappa shape index (κ3) is 2.37. The molecule has 0 radical (unpaired) electrons. The molecule has 20 heavy (non-hydrogen) atoms. The van der Waals surface area contributed by atoms with Crippen molar-refractivity contribution in [3.63, 3.8) is 0 Å². The molecule has 0 aliphatic heterocycles. The number of aryl methyl sites for hydroxylation is 2. The van der Waals surface area contributed by atoms with Gasteiger partial charge in [-0.3, -0.25) is 4.40 Å². The molecule has 2 aromatic heterocycles. The minimum Gasteiger partial charge on any atom is -0.305 e. The molecule has 3 aromatic rings. The molecule has 0 amide bonds. The van der Waals surface area contributed by atoms with Crippen LogP contribution in [0.3, 0.4) is 0 Å². The molecule has 0 aliphatic rings. The van der Waals surface area contributed by atoms with E-state index in [0.717, 1.165) is 17.2 Å². The predicted molar refractivity (Wildman–Crippen MR) is 84.2 cm³/mol. The summed E-state index contributed by atoms with van der Waals surface area (Å²) in [4.78, 5) is 5.71. The zero-order chi connectivity index (χ0) is 14.1. The Morgan fingerprint density at radius 2 is 2.00 bits per heavy atom. The number of hydrogen-bond donors (Lipinski definition) is 1. The van der Waals surface area contributed by atoms with E-state index in [2.05, 4.69) is 71.2 Å². The zero-order valence-corrected chi connectivity index (χ0v) is 12.9. The molecule has 0 saturated carbocycles. The first-order chi connectivity index (χ1) is 9.66. The molecule has 0 fully saturated rings. The highest BCUT2D eigenvalue weighted by Crippen LogP contribution is 2.21. The maximum absolute atomic E-state index is 4.63. The van der Waals surface area contributed by atoms with Gasteiger partial charge in [0, 0.05) is 23.7 Å². The Labute approximate surface area is 123 Å². The smallest absolute Gasteiger partial charge is 0.194 e. The normalized spacial score (nSPS) is 12.9. The van der Waals surface area contributed by atoms with E-state index >= 15 is 0 Å². The van der Waals surface area contributed by atoms with Crippen LogP contribution in [0.4, 0.5) is 0 Å². The summed E-state index contributed by atoms with van der Waals surface area (Å²) < 4.78 is 2.25. The van der Waals surface area contributed by atoms with Crippen LogP contribution in [0.5, 0.6) is 0 Å². The van der Waals surface area contributed by atoms with Gasteiger partial charge < -0.3 is 5.32 Å². The van der Waals surface area contributed by atoms with E-state index in [1.807, 2.05) is 0 Å². The highest BCUT2D eigenvalue weighted by molar-refractivity contribution is 7.15. The van der Waals surface area contributed by atoms with Crippen LogP contribution in [0.2, 0.25) is 0 Å². The summed E-state index contributed by atoms with van der Waals surface area (Å²) in [6, 6.07) is 10.9. The third-order valence-electron chi connectivity index (χ3n) is 3.71. The summed E-state index contributed by atoms with van der Waals surface area (Å²) in [6.45, 7) is 7.25. The molecule has 0 bridgehead atoms. The van der Waals surface area contributed by atoms with Crippen molar-refractivity contribution in [1.82, 2.24) is 14.7 Å². The van der Waals surface area contributed by atoms with E-state index in [9.17, 15) is 0 Å². The van der Waals surface area contributed by atoms with Crippen LogP contribution in [-0.2, 0) is 6.54 Å². The predicted octanol–water partition coefficient (Wildman–Crippen LogP) is 3.86. The van der Waals surface area contributed by atoms with Crippen LogP contribution in [0.1, 0.15) is 35.6 Å². The van der Waals surface area contributed by atoms with Crippen molar-refractivity contribution in [1.29, 1.82) is 0 Å². The second kappa shape index (κ2) is 5.38. The molecule has 2 heterocycles. The number of aromatic nitrogens is 2. The van der Waals surface area contributed by atoms with Crippen LogP contribution in [0.25, 0.3) is 4.96 Å². The van der Waals surface area contributed by atoms with E-state index in [1.165, 1.54) is 17.0 Å². The molecule has 104 valence electrons. The summed E-state index contributed by atoms with van der Waals surface area (Å²) in [5.41, 5.74) is 4.96. The van der Waals surface area contributed by atoms with E-state index < -0.39 is 0 Å². The van der Waals surface area contributed by atoms with Crippen molar-refractivity contribution in [3.05, 3.63) is 58.4 Å². The van der Waals surface area contributed by atoms with Crippen LogP contribution >= 0.6 is 11.3 Å². The number of rotatable bonds is 4. The summed E-state index contributed by atoms with van der Waals surface area (Å²) in [5, 5.41) is 5.75. The number of nitrogens with one attached hydrogen (secondary N) is 1. The van der Waals surface area contributed by atoms with Crippen molar-refractivity contribution in [2.45, 2.75) is 33.4 Å². The van der Waals surface area contributed by atoms with Crippen molar-refractivity contribution in [2.24, 2.45) is 0 Å². The monoisotopic (exact) mass is 285 g/mol. The molecule has 1 aromatic carbocycles. The first-order valence-electron chi connectivity index (χ1n) is 6.87. The van der Waals surface area contributed by atoms with E-state index in [4.69, 9.17) is 0 Å². The van der Waals surface area contributed by atoms with Crippen molar-refractivity contribution in [2.75, 3.05) is 0 Å². The van der Waals surface area contributed by atoms with Gasteiger partial charge >= 0.3 is 0 Å². The topological polar surface area (TPSA) is 29.3 Å². The molecular weight excluding hydrogens is 266 g/mol. The van der Waals surface area contributed by atoms with Gasteiger partial charge in [0.05, 0.1) is 11.4 Å². The van der Waals surface area contributed by atoms with Gasteiger partial charge in [-0.2, -0.15) is 0 Å². The summed E-state index contributed by atoms with van der Waals surface area (Å²) in [6.07, 6.45) is 0. The minimum absolute atomic E-state index is 0.333. The highest BCUT2D eigenvalue weighted by Gasteiger charge is 2.13. The maximum Gasteiger partial charge on any atom is 0.194 e. The zero-order valence-electron chi connectivity index (χ0n) is 12.1. The SMILES string of the molecule is Cc1nc2scc(C)n2c1CNC(C)c1ccccc1. The lowest BCUT2D eigenvalue weighted by Gasteiger charge is -2.14. The number of nitrogens with zero attached hydrogens (tertiary/aromatic N) is 2. The fourth-order valence-corrected chi connectivity index (χ4v) is 3.42. The van der Waals surface area contributed by atoms with Gasteiger partial charge in [-0.1, -0.05) is 30.3 Å². The number of hydrogen-bond acceptors (Lipinski definition) is 3. The third-order valence-corrected chi connectivity index (χ3v) is 4.65. The fraction of sp³-hybridized carbons (Fsp3) is 0.312. The average Bonchev–Trinajstić information content (AvgIpc) is 2.97. The van der Waals surface area contributed by atoms with Gasteiger partial charge in [0.15, 0.2) is 4.96 Å². The largest absolute Gasteiger partial charge is 0.305 e. The van der Waals surface area contributed by atoms with Crippen molar-refractivity contribution in [3.8, 4) is 0 Å². The van der Waals surface area contributed by atoms with E-state index in [1.54, 1.807) is 11.3 Å². The quantitative estimate of drug-likeness (QED) is 0.788. The summed E-state index contributed by atoms with van der Waals surface area (Å²) in [5.74, 6) is 0. The lowest BCUT2D eigenvalue weighted by Crippen LogP contribution is -2.19. The number of thiazole rings is 1. The molecule has 3 rings (SSSR count). The van der Waals surface area contributed by atoms with Gasteiger partial charge in [-0.15, -0.1) is 11.3 Å². The second-order valence-electron chi connectivity index (χ2n) is 5.15. The van der Waals surface area contributed by atoms with E-state index in [0.29, 0.717) is 6.04 Å². The lowest BCUT2D eigenvalue weighted by atomic mass is 10.1. The Balaban J connectivity index is 1.80. The lowest BCUT2D eigenvalue weighted by molar-refractivity contribution is 0.564. The molecule has 1 N–H and O–H groups in total. The van der Waals surface area contributed by atoms with Crippen LogP contribution in [0, 0.1) is 13.8 Å². The van der Waals surface area contributed by atoms with Crippen molar-refractivity contribution >= 4 is 16.3 Å². The molecule has 1 unspecified atom stereocenters. The molecule has 1 atom stereocenters. The summed E-state index contributed by atoms with van der Waals surface area (Å²) in [7, 11) is 0. The Morgan fingerprint density at radius 3 is 2.75 bits per heavy atom. The Kier molecular flexibility index (Phi) is 3.59. The highest BCUT2D eigenvalue weighted by atomic mass is 32.1. The molecular formula is C16H19N3S. The molecule has 0 saturated heterocycles. The standard InChI is InChI=1S/C16H19N3S/c1-11-10-20-16-18-13(3)15(19(11)16)9-17-12(2)14-7-5-4-6-8-14/h4-8,10,12,17H,9H2,1-3H3. The van der Waals surface area contributed by atoms with Crippen molar-refractivity contribution < 1.29 is 0 Å². The first kappa shape index (κ1) is 13.3. The van der Waals surface area contributed by atoms with Crippen LogP contribution in [0.15, 0.2) is 35.7 Å². The van der Waals surface area contributed by atoms with Gasteiger partial charge in [0.2, 0.25) is 0 Å².